The van der Waals surface area contributed by atoms with Gasteiger partial charge in [0.25, 0.3) is 0 Å². The number of benzene rings is 1. The lowest BCUT2D eigenvalue weighted by molar-refractivity contribution is -0.136. The highest BCUT2D eigenvalue weighted by Crippen LogP contribution is 2.27. The van der Waals surface area contributed by atoms with Crippen LogP contribution in [-0.4, -0.2) is 17.3 Å². The monoisotopic (exact) mass is 236 g/mol. The average Bonchev–Trinajstić information content (AvgIpc) is 2.14. The van der Waals surface area contributed by atoms with Crippen LogP contribution in [0.25, 0.3) is 0 Å². The molecule has 2 nitrogen and oxygen atoms in total. The Balaban J connectivity index is 3.27. The highest BCUT2D eigenvalue weighted by molar-refractivity contribution is 7.98. The van der Waals surface area contributed by atoms with Gasteiger partial charge >= 0.3 is 5.97 Å². The van der Waals surface area contributed by atoms with E-state index in [1.807, 2.05) is 0 Å². The predicted octanol–water partition coefficient (Wildman–Crippen LogP) is 2.45. The summed E-state index contributed by atoms with van der Waals surface area (Å²) in [6.07, 6.45) is 0.659. The lowest BCUT2D eigenvalue weighted by atomic mass is 10.1. The standard InChI is InChI=1S/C9H7F3O2S/c1-15-9-5(10)2-4(3-6(13)14)7(11)8(9)12/h2H,3H2,1H3,(H,13,14). The number of hydrogen-bond acceptors (Lipinski definition) is 2. The van der Waals surface area contributed by atoms with Crippen molar-refractivity contribution in [2.45, 2.75) is 11.3 Å². The molecule has 0 heterocycles. The first-order valence-electron chi connectivity index (χ1n) is 3.89. The fourth-order valence-electron chi connectivity index (χ4n) is 1.11. The molecule has 1 N–H and O–H groups in total. The van der Waals surface area contributed by atoms with Gasteiger partial charge in [0, 0.05) is 5.56 Å². The van der Waals surface area contributed by atoms with Crippen molar-refractivity contribution in [3.05, 3.63) is 29.1 Å². The molecule has 15 heavy (non-hydrogen) atoms. The molecular weight excluding hydrogens is 229 g/mol. The summed E-state index contributed by atoms with van der Waals surface area (Å²) < 4.78 is 39.4. The Morgan fingerprint density at radius 3 is 2.47 bits per heavy atom. The topological polar surface area (TPSA) is 37.3 Å². The van der Waals surface area contributed by atoms with Crippen LogP contribution >= 0.6 is 11.8 Å². The highest BCUT2D eigenvalue weighted by Gasteiger charge is 2.19. The van der Waals surface area contributed by atoms with Crippen LogP contribution in [0.4, 0.5) is 13.2 Å². The third-order valence-electron chi connectivity index (χ3n) is 1.74. The number of halogens is 3. The minimum absolute atomic E-state index is 0.443. The zero-order chi connectivity index (χ0) is 11.6. The van der Waals surface area contributed by atoms with Gasteiger partial charge in [-0.1, -0.05) is 0 Å². The molecule has 1 aromatic carbocycles. The minimum atomic E-state index is -1.34. The Morgan fingerprint density at radius 2 is 2.00 bits per heavy atom. The minimum Gasteiger partial charge on any atom is -0.481 e. The zero-order valence-corrected chi connectivity index (χ0v) is 8.50. The first-order chi connectivity index (χ1) is 6.97. The van der Waals surface area contributed by atoms with E-state index in [9.17, 15) is 18.0 Å². The molecule has 82 valence electrons. The van der Waals surface area contributed by atoms with E-state index in [0.717, 1.165) is 11.8 Å². The fourth-order valence-corrected chi connectivity index (χ4v) is 1.63. The molecule has 1 aromatic rings. The van der Waals surface area contributed by atoms with Gasteiger partial charge in [0.1, 0.15) is 5.82 Å². The van der Waals surface area contributed by atoms with Gasteiger partial charge in [-0.05, 0) is 12.3 Å². The molecule has 0 atom stereocenters. The van der Waals surface area contributed by atoms with E-state index in [1.54, 1.807) is 0 Å². The summed E-state index contributed by atoms with van der Waals surface area (Å²) in [6.45, 7) is 0. The normalized spacial score (nSPS) is 10.4. The van der Waals surface area contributed by atoms with Gasteiger partial charge in [0.05, 0.1) is 11.3 Å². The second-order valence-corrected chi connectivity index (χ2v) is 3.57. The largest absolute Gasteiger partial charge is 0.481 e. The third-order valence-corrected chi connectivity index (χ3v) is 2.52. The van der Waals surface area contributed by atoms with Crippen molar-refractivity contribution < 1.29 is 23.1 Å². The van der Waals surface area contributed by atoms with Gasteiger partial charge < -0.3 is 5.11 Å². The summed E-state index contributed by atoms with van der Waals surface area (Å²) in [6, 6.07) is 0.707. The molecule has 0 aliphatic rings. The van der Waals surface area contributed by atoms with Gasteiger partial charge in [0.2, 0.25) is 0 Å². The number of rotatable bonds is 3. The molecule has 0 unspecified atom stereocenters. The van der Waals surface area contributed by atoms with Crippen LogP contribution in [0.5, 0.6) is 0 Å². The molecule has 1 rings (SSSR count). The van der Waals surface area contributed by atoms with E-state index >= 15 is 0 Å². The molecule has 0 saturated carbocycles. The number of aliphatic carboxylic acids is 1. The lowest BCUT2D eigenvalue weighted by Gasteiger charge is -2.06. The van der Waals surface area contributed by atoms with Crippen molar-refractivity contribution in [1.82, 2.24) is 0 Å². The molecule has 0 aromatic heterocycles. The Hall–Kier alpha value is -1.17. The summed E-state index contributed by atoms with van der Waals surface area (Å²) in [5, 5.41) is 8.38. The highest BCUT2D eigenvalue weighted by atomic mass is 32.2. The number of carboxylic acids is 1. The maximum atomic E-state index is 13.2. The second-order valence-electron chi connectivity index (χ2n) is 2.75. The van der Waals surface area contributed by atoms with E-state index in [4.69, 9.17) is 5.11 Å². The predicted molar refractivity (Wildman–Crippen MR) is 49.4 cm³/mol. The molecule has 6 heteroatoms. The van der Waals surface area contributed by atoms with Crippen molar-refractivity contribution in [1.29, 1.82) is 0 Å². The first kappa shape index (κ1) is 11.9. The molecular formula is C9H7F3O2S. The lowest BCUT2D eigenvalue weighted by Crippen LogP contribution is -2.06. The molecule has 0 fully saturated rings. The van der Waals surface area contributed by atoms with Crippen LogP contribution in [-0.2, 0) is 11.2 Å². The maximum Gasteiger partial charge on any atom is 0.307 e. The van der Waals surface area contributed by atoms with Gasteiger partial charge in [-0.15, -0.1) is 11.8 Å². The van der Waals surface area contributed by atoms with Crippen molar-refractivity contribution in [2.75, 3.05) is 6.26 Å². The Kier molecular flexibility index (Phi) is 3.62. The van der Waals surface area contributed by atoms with Gasteiger partial charge in [0.15, 0.2) is 11.6 Å². The quantitative estimate of drug-likeness (QED) is 0.647. The zero-order valence-electron chi connectivity index (χ0n) is 7.68. The van der Waals surface area contributed by atoms with Crippen molar-refractivity contribution in [3.8, 4) is 0 Å². The van der Waals surface area contributed by atoms with Crippen LogP contribution in [0.15, 0.2) is 11.0 Å². The molecule has 0 spiro atoms. The van der Waals surface area contributed by atoms with Crippen LogP contribution in [0.2, 0.25) is 0 Å². The van der Waals surface area contributed by atoms with E-state index in [2.05, 4.69) is 0 Å². The number of carboxylic acid groups (broad SMARTS) is 1. The van der Waals surface area contributed by atoms with E-state index < -0.39 is 40.3 Å². The summed E-state index contributed by atoms with van der Waals surface area (Å²) in [5.74, 6) is -4.93. The van der Waals surface area contributed by atoms with Gasteiger partial charge in [-0.25, -0.2) is 13.2 Å². The van der Waals surface area contributed by atoms with Crippen LogP contribution in [0, 0.1) is 17.5 Å². The summed E-state index contributed by atoms with van der Waals surface area (Å²) in [7, 11) is 0. The molecule has 0 bridgehead atoms. The Morgan fingerprint density at radius 1 is 1.40 bits per heavy atom. The molecule has 0 amide bonds. The SMILES string of the molecule is CSc1c(F)cc(CC(=O)O)c(F)c1F. The van der Waals surface area contributed by atoms with Crippen LogP contribution < -0.4 is 0 Å². The van der Waals surface area contributed by atoms with Gasteiger partial charge in [-0.2, -0.15) is 0 Å². The van der Waals surface area contributed by atoms with Crippen molar-refractivity contribution >= 4 is 17.7 Å². The number of carbonyl (C=O) groups is 1. The molecule has 0 aliphatic carbocycles. The van der Waals surface area contributed by atoms with Crippen molar-refractivity contribution in [3.63, 3.8) is 0 Å². The summed E-state index contributed by atoms with van der Waals surface area (Å²) in [4.78, 5) is 9.84. The number of thioether (sulfide) groups is 1. The first-order valence-corrected chi connectivity index (χ1v) is 5.12. The van der Waals surface area contributed by atoms with Gasteiger partial charge in [-0.3, -0.25) is 4.79 Å². The van der Waals surface area contributed by atoms with Crippen LogP contribution in [0.1, 0.15) is 5.56 Å². The summed E-state index contributed by atoms with van der Waals surface area (Å²) >= 11 is 0.726. The average molecular weight is 236 g/mol. The number of hydrogen-bond donors (Lipinski definition) is 1. The van der Waals surface area contributed by atoms with Crippen molar-refractivity contribution in [2.24, 2.45) is 0 Å². The molecule has 0 aliphatic heterocycles. The summed E-state index contributed by atoms with van der Waals surface area (Å²) in [5.41, 5.74) is -0.490. The van der Waals surface area contributed by atoms with E-state index in [0.29, 0.717) is 6.07 Å². The molecule has 0 radical (unpaired) electrons. The fraction of sp³-hybridized carbons (Fsp3) is 0.222. The smallest absolute Gasteiger partial charge is 0.307 e. The Labute approximate surface area is 88.1 Å². The Bertz CT molecular complexity index is 407. The van der Waals surface area contributed by atoms with E-state index in [-0.39, 0.29) is 0 Å². The van der Waals surface area contributed by atoms with Crippen LogP contribution in [0.3, 0.4) is 0 Å². The van der Waals surface area contributed by atoms with E-state index in [1.165, 1.54) is 6.26 Å². The third kappa shape index (κ3) is 2.44. The second kappa shape index (κ2) is 4.57. The molecule has 0 saturated heterocycles. The maximum absolute atomic E-state index is 13.2.